The minimum absolute atomic E-state index is 0.184. The molecule has 0 bridgehead atoms. The quantitative estimate of drug-likeness (QED) is 0.648. The highest BCUT2D eigenvalue weighted by atomic mass is 35.5. The SMILES string of the molecule is O=C(NC(Cc1ccccc1)C(=O)O)c1ccc2c(Cl)cnc(Cl)c2c1. The van der Waals surface area contributed by atoms with Crippen LogP contribution in [0.1, 0.15) is 15.9 Å². The number of pyridine rings is 1. The van der Waals surface area contributed by atoms with E-state index in [0.29, 0.717) is 15.8 Å². The number of aliphatic carboxylic acids is 1. The van der Waals surface area contributed by atoms with Gasteiger partial charge in [0.25, 0.3) is 5.91 Å². The second kappa shape index (κ2) is 7.72. The molecule has 0 saturated carbocycles. The summed E-state index contributed by atoms with van der Waals surface area (Å²) in [4.78, 5) is 28.0. The predicted octanol–water partition coefficient (Wildman–Crippen LogP) is 3.97. The fourth-order valence-corrected chi connectivity index (χ4v) is 3.03. The highest BCUT2D eigenvalue weighted by Crippen LogP contribution is 2.28. The first-order chi connectivity index (χ1) is 12.5. The Morgan fingerprint density at radius 2 is 1.81 bits per heavy atom. The van der Waals surface area contributed by atoms with Crippen LogP contribution in [0.25, 0.3) is 10.8 Å². The minimum atomic E-state index is -1.11. The summed E-state index contributed by atoms with van der Waals surface area (Å²) < 4.78 is 0. The molecule has 0 saturated heterocycles. The van der Waals surface area contributed by atoms with Crippen LogP contribution in [-0.4, -0.2) is 28.0 Å². The monoisotopic (exact) mass is 388 g/mol. The number of carbonyl (C=O) groups excluding carboxylic acids is 1. The van der Waals surface area contributed by atoms with Gasteiger partial charge in [-0.3, -0.25) is 4.79 Å². The molecule has 0 fully saturated rings. The van der Waals surface area contributed by atoms with Gasteiger partial charge in [-0.05, 0) is 17.7 Å². The van der Waals surface area contributed by atoms with E-state index in [9.17, 15) is 14.7 Å². The molecular weight excluding hydrogens is 375 g/mol. The zero-order valence-corrected chi connectivity index (χ0v) is 15.0. The van der Waals surface area contributed by atoms with Gasteiger partial charge in [0, 0.05) is 29.0 Å². The van der Waals surface area contributed by atoms with Gasteiger partial charge in [0.2, 0.25) is 0 Å². The van der Waals surface area contributed by atoms with Gasteiger partial charge in [0.15, 0.2) is 0 Å². The van der Waals surface area contributed by atoms with Crippen LogP contribution >= 0.6 is 23.2 Å². The predicted molar refractivity (Wildman–Crippen MR) is 101 cm³/mol. The van der Waals surface area contributed by atoms with Crippen molar-refractivity contribution >= 4 is 45.9 Å². The van der Waals surface area contributed by atoms with Crippen LogP contribution in [0.5, 0.6) is 0 Å². The number of benzene rings is 2. The molecule has 0 aliphatic carbocycles. The first kappa shape index (κ1) is 18.2. The van der Waals surface area contributed by atoms with Crippen molar-refractivity contribution in [1.29, 1.82) is 0 Å². The first-order valence-corrected chi connectivity index (χ1v) is 8.52. The van der Waals surface area contributed by atoms with Crippen LogP contribution in [0.2, 0.25) is 10.2 Å². The topological polar surface area (TPSA) is 79.3 Å². The number of carbonyl (C=O) groups is 2. The number of halogens is 2. The molecule has 0 radical (unpaired) electrons. The van der Waals surface area contributed by atoms with Crippen molar-refractivity contribution in [3.05, 3.63) is 76.0 Å². The zero-order chi connectivity index (χ0) is 18.7. The summed E-state index contributed by atoms with van der Waals surface area (Å²) in [6, 6.07) is 12.8. The van der Waals surface area contributed by atoms with E-state index in [1.165, 1.54) is 6.20 Å². The maximum absolute atomic E-state index is 12.5. The number of rotatable bonds is 5. The molecule has 1 heterocycles. The summed E-state index contributed by atoms with van der Waals surface area (Å²) in [5.74, 6) is -1.61. The fraction of sp³-hybridized carbons (Fsp3) is 0.105. The number of nitrogens with one attached hydrogen (secondary N) is 1. The highest BCUT2D eigenvalue weighted by Gasteiger charge is 2.21. The molecule has 2 aromatic carbocycles. The second-order valence-electron chi connectivity index (χ2n) is 5.71. The number of carboxylic acid groups (broad SMARTS) is 1. The van der Waals surface area contributed by atoms with Crippen LogP contribution in [-0.2, 0) is 11.2 Å². The van der Waals surface area contributed by atoms with E-state index in [4.69, 9.17) is 23.2 Å². The molecule has 1 unspecified atom stereocenters. The van der Waals surface area contributed by atoms with Gasteiger partial charge >= 0.3 is 5.97 Å². The van der Waals surface area contributed by atoms with Crippen LogP contribution in [0.4, 0.5) is 0 Å². The summed E-state index contributed by atoms with van der Waals surface area (Å²) in [5, 5.41) is 13.8. The van der Waals surface area contributed by atoms with E-state index in [-0.39, 0.29) is 17.1 Å². The Morgan fingerprint density at radius 1 is 1.08 bits per heavy atom. The summed E-state index contributed by atoms with van der Waals surface area (Å²) in [7, 11) is 0. The van der Waals surface area contributed by atoms with Crippen LogP contribution in [0.15, 0.2) is 54.7 Å². The Balaban J connectivity index is 1.84. The van der Waals surface area contributed by atoms with Crippen molar-refractivity contribution < 1.29 is 14.7 Å². The number of amides is 1. The lowest BCUT2D eigenvalue weighted by atomic mass is 10.0. The van der Waals surface area contributed by atoms with E-state index in [2.05, 4.69) is 10.3 Å². The molecule has 2 N–H and O–H groups in total. The number of hydrogen-bond donors (Lipinski definition) is 2. The molecule has 1 amide bonds. The van der Waals surface area contributed by atoms with Gasteiger partial charge in [-0.15, -0.1) is 0 Å². The van der Waals surface area contributed by atoms with E-state index >= 15 is 0 Å². The van der Waals surface area contributed by atoms with Crippen LogP contribution in [0, 0.1) is 0 Å². The summed E-state index contributed by atoms with van der Waals surface area (Å²) in [5.41, 5.74) is 1.10. The van der Waals surface area contributed by atoms with Crippen LogP contribution < -0.4 is 5.32 Å². The molecule has 1 atom stereocenters. The van der Waals surface area contributed by atoms with Gasteiger partial charge in [-0.25, -0.2) is 9.78 Å². The van der Waals surface area contributed by atoms with Crippen molar-refractivity contribution in [3.63, 3.8) is 0 Å². The molecule has 3 rings (SSSR count). The molecule has 5 nitrogen and oxygen atoms in total. The normalized spacial score (nSPS) is 11.9. The van der Waals surface area contributed by atoms with Crippen molar-refractivity contribution in [3.8, 4) is 0 Å². The smallest absolute Gasteiger partial charge is 0.326 e. The molecular formula is C19H14Cl2N2O3. The zero-order valence-electron chi connectivity index (χ0n) is 13.4. The van der Waals surface area contributed by atoms with Crippen LogP contribution in [0.3, 0.4) is 0 Å². The van der Waals surface area contributed by atoms with Gasteiger partial charge in [-0.2, -0.15) is 0 Å². The van der Waals surface area contributed by atoms with E-state index < -0.39 is 17.9 Å². The lowest BCUT2D eigenvalue weighted by Gasteiger charge is -2.15. The summed E-state index contributed by atoms with van der Waals surface area (Å²) in [6.07, 6.45) is 1.62. The molecule has 0 aliphatic heterocycles. The molecule has 26 heavy (non-hydrogen) atoms. The molecule has 0 aliphatic rings. The Kier molecular flexibility index (Phi) is 5.40. The third-order valence-electron chi connectivity index (χ3n) is 3.94. The van der Waals surface area contributed by atoms with Crippen molar-refractivity contribution in [2.24, 2.45) is 0 Å². The average molecular weight is 389 g/mol. The maximum Gasteiger partial charge on any atom is 0.326 e. The third kappa shape index (κ3) is 3.95. The Bertz CT molecular complexity index is 977. The third-order valence-corrected chi connectivity index (χ3v) is 4.54. The largest absolute Gasteiger partial charge is 0.480 e. The number of aromatic nitrogens is 1. The first-order valence-electron chi connectivity index (χ1n) is 7.77. The summed E-state index contributed by atoms with van der Waals surface area (Å²) >= 11 is 12.2. The lowest BCUT2D eigenvalue weighted by molar-refractivity contribution is -0.139. The van der Waals surface area contributed by atoms with Crippen molar-refractivity contribution in [2.75, 3.05) is 0 Å². The number of carboxylic acids is 1. The van der Waals surface area contributed by atoms with Crippen molar-refractivity contribution in [2.45, 2.75) is 12.5 Å². The van der Waals surface area contributed by atoms with E-state index in [1.807, 2.05) is 30.3 Å². The second-order valence-corrected chi connectivity index (χ2v) is 6.48. The van der Waals surface area contributed by atoms with Gasteiger partial charge in [0.1, 0.15) is 11.2 Å². The maximum atomic E-state index is 12.5. The van der Waals surface area contributed by atoms with Crippen molar-refractivity contribution in [1.82, 2.24) is 10.3 Å². The van der Waals surface area contributed by atoms with E-state index in [0.717, 1.165) is 5.56 Å². The van der Waals surface area contributed by atoms with Gasteiger partial charge in [-0.1, -0.05) is 59.6 Å². The number of fused-ring (bicyclic) bond motifs is 1. The number of nitrogens with zero attached hydrogens (tertiary/aromatic N) is 1. The minimum Gasteiger partial charge on any atom is -0.480 e. The van der Waals surface area contributed by atoms with Gasteiger partial charge < -0.3 is 10.4 Å². The summed E-state index contributed by atoms with van der Waals surface area (Å²) in [6.45, 7) is 0. The molecule has 1 aromatic heterocycles. The Morgan fingerprint density at radius 3 is 2.50 bits per heavy atom. The molecule has 132 valence electrons. The fourth-order valence-electron chi connectivity index (χ4n) is 2.61. The number of hydrogen-bond acceptors (Lipinski definition) is 3. The Hall–Kier alpha value is -2.63. The van der Waals surface area contributed by atoms with E-state index in [1.54, 1.807) is 18.2 Å². The lowest BCUT2D eigenvalue weighted by Crippen LogP contribution is -2.42. The molecule has 7 heteroatoms. The molecule has 3 aromatic rings. The Labute approximate surface area is 159 Å². The molecule has 0 spiro atoms. The standard InChI is InChI=1S/C19H14Cl2N2O3/c20-15-10-22-17(21)14-9-12(6-7-13(14)15)18(24)23-16(19(25)26)8-11-4-2-1-3-5-11/h1-7,9-10,16H,8H2,(H,23,24)(H,25,26). The highest BCUT2D eigenvalue weighted by molar-refractivity contribution is 6.39. The van der Waals surface area contributed by atoms with Gasteiger partial charge in [0.05, 0.1) is 5.02 Å². The average Bonchev–Trinajstić information content (AvgIpc) is 2.64.